The molecule has 3 aromatic carbocycles. The van der Waals surface area contributed by atoms with Crippen molar-refractivity contribution in [3.63, 3.8) is 0 Å². The minimum atomic E-state index is -0.395. The first-order chi connectivity index (χ1) is 18.5. The van der Waals surface area contributed by atoms with Gasteiger partial charge in [0.05, 0.1) is 24.2 Å². The molecule has 1 aliphatic heterocycles. The maximum atomic E-state index is 14.2. The molecule has 0 radical (unpaired) electrons. The second-order valence-corrected chi connectivity index (χ2v) is 9.97. The molecule has 2 aliphatic rings. The molecular weight excluding hydrogens is 500 g/mol. The highest BCUT2D eigenvalue weighted by Crippen LogP contribution is 2.43. The number of anilines is 2. The van der Waals surface area contributed by atoms with Crippen LogP contribution in [0.1, 0.15) is 30.1 Å². The number of ether oxygens (including phenoxy) is 1. The van der Waals surface area contributed by atoms with Crippen LogP contribution >= 0.6 is 11.6 Å². The molecule has 1 fully saturated rings. The van der Waals surface area contributed by atoms with Crippen LogP contribution in [0.4, 0.5) is 16.2 Å². The number of hydrogen-bond donors (Lipinski definition) is 1. The van der Waals surface area contributed by atoms with E-state index in [9.17, 15) is 9.59 Å². The number of nitrogens with zero attached hydrogens (tertiary/aromatic N) is 3. The number of para-hydroxylation sites is 2. The summed E-state index contributed by atoms with van der Waals surface area (Å²) in [6.45, 7) is -0.0490. The number of carbonyl (C=O) groups excluding carboxylic acids is 2. The van der Waals surface area contributed by atoms with Crippen molar-refractivity contribution in [3.8, 4) is 11.4 Å². The van der Waals surface area contributed by atoms with Gasteiger partial charge < -0.3 is 19.5 Å². The summed E-state index contributed by atoms with van der Waals surface area (Å²) >= 11 is 6.39. The summed E-state index contributed by atoms with van der Waals surface area (Å²) in [6.07, 6.45) is 3.75. The van der Waals surface area contributed by atoms with E-state index in [2.05, 4.69) is 9.88 Å². The molecule has 4 aromatic rings. The van der Waals surface area contributed by atoms with Gasteiger partial charge in [0.2, 0.25) is 5.91 Å². The van der Waals surface area contributed by atoms with Gasteiger partial charge in [-0.1, -0.05) is 41.9 Å². The first-order valence-corrected chi connectivity index (χ1v) is 13.0. The number of nitrogens with one attached hydrogen (secondary N) is 1. The van der Waals surface area contributed by atoms with Gasteiger partial charge in [-0.15, -0.1) is 0 Å². The lowest BCUT2D eigenvalue weighted by Gasteiger charge is -2.39. The van der Waals surface area contributed by atoms with Gasteiger partial charge in [-0.25, -0.2) is 4.79 Å². The number of fused-ring (bicyclic) bond motifs is 3. The van der Waals surface area contributed by atoms with Gasteiger partial charge in [-0.2, -0.15) is 0 Å². The van der Waals surface area contributed by atoms with Crippen molar-refractivity contribution < 1.29 is 14.3 Å². The number of urea groups is 1. The van der Waals surface area contributed by atoms with Crippen LogP contribution in [0.2, 0.25) is 5.02 Å². The van der Waals surface area contributed by atoms with Crippen molar-refractivity contribution in [2.45, 2.75) is 24.9 Å². The van der Waals surface area contributed by atoms with Crippen molar-refractivity contribution in [1.82, 2.24) is 9.47 Å². The highest BCUT2D eigenvalue weighted by molar-refractivity contribution is 6.30. The first kappa shape index (κ1) is 24.1. The Morgan fingerprint density at radius 2 is 1.76 bits per heavy atom. The molecule has 1 N–H and O–H groups in total. The lowest BCUT2D eigenvalue weighted by molar-refractivity contribution is -0.119. The Kier molecular flexibility index (Phi) is 6.29. The molecule has 0 bridgehead atoms. The third kappa shape index (κ3) is 4.50. The molecule has 1 aliphatic carbocycles. The SMILES string of the molecule is COc1cccc(NC(=O)N(CC(=O)N2c3ccccc3-n3cccc3C2c2cccc(Cl)c2)C2CC2)c1. The molecule has 1 unspecified atom stereocenters. The summed E-state index contributed by atoms with van der Waals surface area (Å²) in [4.78, 5) is 31.1. The van der Waals surface area contributed by atoms with Gasteiger partial charge in [-0.3, -0.25) is 9.69 Å². The van der Waals surface area contributed by atoms with E-state index in [1.165, 1.54) is 0 Å². The van der Waals surface area contributed by atoms with E-state index >= 15 is 0 Å². The number of aromatic nitrogens is 1. The normalized spacial score (nSPS) is 15.8. The predicted molar refractivity (Wildman–Crippen MR) is 148 cm³/mol. The van der Waals surface area contributed by atoms with Crippen LogP contribution in [-0.2, 0) is 4.79 Å². The van der Waals surface area contributed by atoms with E-state index in [1.807, 2.05) is 83.9 Å². The van der Waals surface area contributed by atoms with E-state index in [4.69, 9.17) is 16.3 Å². The van der Waals surface area contributed by atoms with Gasteiger partial charge in [-0.05, 0) is 66.9 Å². The van der Waals surface area contributed by atoms with Crippen molar-refractivity contribution in [3.05, 3.63) is 107 Å². The summed E-state index contributed by atoms with van der Waals surface area (Å²) in [7, 11) is 1.58. The number of rotatable bonds is 6. The van der Waals surface area contributed by atoms with Crippen LogP contribution in [0, 0.1) is 0 Å². The zero-order valence-corrected chi connectivity index (χ0v) is 21.6. The molecule has 1 saturated carbocycles. The molecular formula is C30H27ClN4O3. The van der Waals surface area contributed by atoms with Crippen LogP contribution < -0.4 is 15.0 Å². The smallest absolute Gasteiger partial charge is 0.322 e. The Morgan fingerprint density at radius 1 is 0.974 bits per heavy atom. The Balaban J connectivity index is 1.35. The molecule has 2 heterocycles. The Labute approximate surface area is 226 Å². The standard InChI is InChI=1S/C30H27ClN4O3/c1-38-24-10-5-9-22(18-24)32-30(37)34(23-14-15-23)19-28(36)35-26-12-3-2-11-25(26)33-16-6-13-27(33)29(35)20-7-4-8-21(31)17-20/h2-13,16-18,23,29H,14-15,19H2,1H3,(H,32,37). The van der Waals surface area contributed by atoms with Crippen molar-refractivity contribution >= 4 is 34.9 Å². The molecule has 1 atom stereocenters. The summed E-state index contributed by atoms with van der Waals surface area (Å²) in [5.41, 5.74) is 4.18. The fourth-order valence-corrected chi connectivity index (χ4v) is 5.32. The summed E-state index contributed by atoms with van der Waals surface area (Å²) in [5, 5.41) is 3.54. The van der Waals surface area contributed by atoms with Gasteiger partial charge in [0.15, 0.2) is 0 Å². The van der Waals surface area contributed by atoms with Gasteiger partial charge in [0.25, 0.3) is 0 Å². The fourth-order valence-electron chi connectivity index (χ4n) is 5.13. The minimum absolute atomic E-state index is 0.0260. The topological polar surface area (TPSA) is 66.8 Å². The maximum Gasteiger partial charge on any atom is 0.322 e. The quantitative estimate of drug-likeness (QED) is 0.322. The number of hydrogen-bond acceptors (Lipinski definition) is 3. The van der Waals surface area contributed by atoms with E-state index < -0.39 is 6.04 Å². The predicted octanol–water partition coefficient (Wildman–Crippen LogP) is 6.27. The van der Waals surface area contributed by atoms with Crippen molar-refractivity contribution in [1.29, 1.82) is 0 Å². The molecule has 0 spiro atoms. The monoisotopic (exact) mass is 526 g/mol. The molecule has 192 valence electrons. The number of benzene rings is 3. The molecule has 8 heteroatoms. The molecule has 7 nitrogen and oxygen atoms in total. The molecule has 0 saturated heterocycles. The van der Waals surface area contributed by atoms with Crippen molar-refractivity contribution in [2.75, 3.05) is 23.9 Å². The summed E-state index contributed by atoms with van der Waals surface area (Å²) < 4.78 is 7.39. The summed E-state index contributed by atoms with van der Waals surface area (Å²) in [6, 6.07) is 26.0. The highest BCUT2D eigenvalue weighted by Gasteiger charge is 2.40. The van der Waals surface area contributed by atoms with Gasteiger partial charge in [0, 0.05) is 29.0 Å². The largest absolute Gasteiger partial charge is 0.497 e. The van der Waals surface area contributed by atoms with Crippen molar-refractivity contribution in [2.24, 2.45) is 0 Å². The van der Waals surface area contributed by atoms with E-state index in [-0.39, 0.29) is 24.5 Å². The Hall–Kier alpha value is -4.23. The van der Waals surface area contributed by atoms with Crippen LogP contribution in [0.15, 0.2) is 91.1 Å². The third-order valence-electron chi connectivity index (χ3n) is 7.03. The van der Waals surface area contributed by atoms with E-state index in [0.29, 0.717) is 16.5 Å². The van der Waals surface area contributed by atoms with Gasteiger partial charge in [0.1, 0.15) is 18.3 Å². The Bertz CT molecular complexity index is 1510. The molecule has 38 heavy (non-hydrogen) atoms. The lowest BCUT2D eigenvalue weighted by Crippen LogP contribution is -2.48. The minimum Gasteiger partial charge on any atom is -0.497 e. The number of methoxy groups -OCH3 is 1. The zero-order valence-electron chi connectivity index (χ0n) is 20.9. The highest BCUT2D eigenvalue weighted by atomic mass is 35.5. The van der Waals surface area contributed by atoms with E-state index in [1.54, 1.807) is 24.1 Å². The molecule has 3 amide bonds. The lowest BCUT2D eigenvalue weighted by atomic mass is 9.97. The first-order valence-electron chi connectivity index (χ1n) is 12.6. The van der Waals surface area contributed by atoms with E-state index in [0.717, 1.165) is 35.5 Å². The summed E-state index contributed by atoms with van der Waals surface area (Å²) in [5.74, 6) is 0.483. The van der Waals surface area contributed by atoms with Crippen LogP contribution in [0.5, 0.6) is 5.75 Å². The average molecular weight is 527 g/mol. The van der Waals surface area contributed by atoms with Crippen LogP contribution in [-0.4, -0.2) is 41.1 Å². The number of halogens is 1. The fraction of sp³-hybridized carbons (Fsp3) is 0.200. The number of amides is 3. The second kappa shape index (κ2) is 9.91. The zero-order chi connectivity index (χ0) is 26.2. The number of carbonyl (C=O) groups is 2. The second-order valence-electron chi connectivity index (χ2n) is 9.53. The third-order valence-corrected chi connectivity index (χ3v) is 7.26. The van der Waals surface area contributed by atoms with Crippen LogP contribution in [0.3, 0.4) is 0 Å². The maximum absolute atomic E-state index is 14.2. The molecule has 6 rings (SSSR count). The van der Waals surface area contributed by atoms with Crippen LogP contribution in [0.25, 0.3) is 5.69 Å². The average Bonchev–Trinajstić information content (AvgIpc) is 3.65. The van der Waals surface area contributed by atoms with Gasteiger partial charge >= 0.3 is 6.03 Å². The Morgan fingerprint density at radius 3 is 2.53 bits per heavy atom. The molecule has 1 aromatic heterocycles.